The summed E-state index contributed by atoms with van der Waals surface area (Å²) in [6, 6.07) is 30.2. The molecule has 0 aliphatic rings. The van der Waals surface area contributed by atoms with E-state index in [9.17, 15) is 18.0 Å². The van der Waals surface area contributed by atoms with Gasteiger partial charge in [0.25, 0.3) is 10.0 Å². The fourth-order valence-corrected chi connectivity index (χ4v) is 6.73. The number of carbonyl (C=O) groups is 2. The molecule has 4 aromatic carbocycles. The largest absolute Gasteiger partial charge is 0.352 e. The fourth-order valence-electron chi connectivity index (χ4n) is 4.71. The Kier molecular flexibility index (Phi) is 11.6. The van der Waals surface area contributed by atoms with Crippen LogP contribution in [-0.2, 0) is 32.6 Å². The van der Waals surface area contributed by atoms with Crippen LogP contribution in [0.4, 0.5) is 5.69 Å². The highest BCUT2D eigenvalue weighted by atomic mass is 79.9. The number of hydrogen-bond donors (Lipinski definition) is 1. The molecule has 0 aliphatic carbocycles. The molecule has 0 radical (unpaired) electrons. The summed E-state index contributed by atoms with van der Waals surface area (Å²) >= 11 is 9.73. The maximum absolute atomic E-state index is 14.5. The van der Waals surface area contributed by atoms with Crippen LogP contribution in [0.5, 0.6) is 0 Å². The van der Waals surface area contributed by atoms with Crippen LogP contribution in [0.3, 0.4) is 0 Å². The van der Waals surface area contributed by atoms with Crippen LogP contribution in [0.25, 0.3) is 0 Å². The van der Waals surface area contributed by atoms with Gasteiger partial charge in [-0.25, -0.2) is 8.42 Å². The van der Waals surface area contributed by atoms with Crippen LogP contribution in [0.15, 0.2) is 119 Å². The molecule has 0 spiro atoms. The number of rotatable bonds is 13. The van der Waals surface area contributed by atoms with Gasteiger partial charge in [0.15, 0.2) is 0 Å². The van der Waals surface area contributed by atoms with Crippen molar-refractivity contribution < 1.29 is 18.0 Å². The highest BCUT2D eigenvalue weighted by Gasteiger charge is 2.35. The molecule has 44 heavy (non-hydrogen) atoms. The van der Waals surface area contributed by atoms with E-state index >= 15 is 0 Å². The van der Waals surface area contributed by atoms with E-state index in [1.54, 1.807) is 60.7 Å². The molecule has 0 bridgehead atoms. The van der Waals surface area contributed by atoms with Crippen LogP contribution in [0, 0.1) is 0 Å². The Balaban J connectivity index is 1.80. The summed E-state index contributed by atoms with van der Waals surface area (Å²) in [4.78, 5) is 29.8. The van der Waals surface area contributed by atoms with Crippen LogP contribution in [0.2, 0.25) is 5.02 Å². The topological polar surface area (TPSA) is 86.8 Å². The SMILES string of the molecule is CC[C@@H](C)NC(=O)[C@H](Cc1ccccc1)N(Cc1cccc(Cl)c1)C(=O)CN(c1cccc(Br)c1)S(=O)(=O)c1ccccc1. The van der Waals surface area contributed by atoms with Gasteiger partial charge in [0, 0.05) is 28.5 Å². The number of anilines is 1. The number of benzene rings is 4. The van der Waals surface area contributed by atoms with E-state index < -0.39 is 28.5 Å². The third kappa shape index (κ3) is 8.71. The summed E-state index contributed by atoms with van der Waals surface area (Å²) in [7, 11) is -4.16. The van der Waals surface area contributed by atoms with Crippen molar-refractivity contribution >= 4 is 55.1 Å². The first-order valence-corrected chi connectivity index (χ1v) is 16.9. The number of carbonyl (C=O) groups excluding carboxylic acids is 2. The Morgan fingerprint density at radius 3 is 2.14 bits per heavy atom. The molecule has 2 atom stereocenters. The summed E-state index contributed by atoms with van der Waals surface area (Å²) in [6.45, 7) is 3.39. The second kappa shape index (κ2) is 15.4. The highest BCUT2D eigenvalue weighted by Crippen LogP contribution is 2.27. The van der Waals surface area contributed by atoms with Crippen molar-refractivity contribution in [3.8, 4) is 0 Å². The molecule has 0 saturated carbocycles. The molecule has 2 amide bonds. The minimum Gasteiger partial charge on any atom is -0.352 e. The lowest BCUT2D eigenvalue weighted by molar-refractivity contribution is -0.140. The van der Waals surface area contributed by atoms with E-state index in [2.05, 4.69) is 21.2 Å². The number of nitrogens with one attached hydrogen (secondary N) is 1. The molecule has 0 aromatic heterocycles. The number of hydrogen-bond acceptors (Lipinski definition) is 4. The van der Waals surface area contributed by atoms with Gasteiger partial charge in [-0.15, -0.1) is 0 Å². The number of amides is 2. The Bertz CT molecular complexity index is 1670. The molecule has 4 aromatic rings. The van der Waals surface area contributed by atoms with Gasteiger partial charge in [0.1, 0.15) is 12.6 Å². The summed E-state index contributed by atoms with van der Waals surface area (Å²) in [5, 5.41) is 3.52. The monoisotopic (exact) mass is 695 g/mol. The van der Waals surface area contributed by atoms with Crippen molar-refractivity contribution in [2.45, 2.75) is 50.2 Å². The zero-order chi connectivity index (χ0) is 31.7. The van der Waals surface area contributed by atoms with E-state index in [1.165, 1.54) is 17.0 Å². The molecule has 230 valence electrons. The lowest BCUT2D eigenvalue weighted by Gasteiger charge is -2.34. The normalized spacial score (nSPS) is 12.6. The van der Waals surface area contributed by atoms with Gasteiger partial charge >= 0.3 is 0 Å². The van der Waals surface area contributed by atoms with Crippen LogP contribution >= 0.6 is 27.5 Å². The quantitative estimate of drug-likeness (QED) is 0.166. The predicted molar refractivity (Wildman–Crippen MR) is 179 cm³/mol. The zero-order valence-electron chi connectivity index (χ0n) is 24.6. The van der Waals surface area contributed by atoms with E-state index in [-0.39, 0.29) is 29.8 Å². The van der Waals surface area contributed by atoms with Crippen molar-refractivity contribution in [1.29, 1.82) is 0 Å². The standard InChI is InChI=1S/C34H35BrClN3O4S/c1-3-25(2)37-34(41)32(21-26-12-6-4-7-13-26)38(23-27-14-10-16-29(36)20-27)33(40)24-39(30-17-11-15-28(35)22-30)44(42,43)31-18-8-5-9-19-31/h4-20,22,25,32H,3,21,23-24H2,1-2H3,(H,37,41)/t25-,32+/m1/s1. The average molecular weight is 697 g/mol. The van der Waals surface area contributed by atoms with Gasteiger partial charge in [0.05, 0.1) is 10.6 Å². The average Bonchev–Trinajstić information content (AvgIpc) is 3.02. The van der Waals surface area contributed by atoms with E-state index in [4.69, 9.17) is 11.6 Å². The summed E-state index contributed by atoms with van der Waals surface area (Å²) in [5.74, 6) is -0.858. The molecule has 7 nitrogen and oxygen atoms in total. The maximum atomic E-state index is 14.5. The Labute approximate surface area is 273 Å². The number of halogens is 2. The fraction of sp³-hybridized carbons (Fsp3) is 0.235. The lowest BCUT2D eigenvalue weighted by atomic mass is 10.0. The van der Waals surface area contributed by atoms with Gasteiger partial charge in [-0.3, -0.25) is 13.9 Å². The first-order chi connectivity index (χ1) is 21.1. The van der Waals surface area contributed by atoms with Crippen molar-refractivity contribution in [1.82, 2.24) is 10.2 Å². The molecule has 10 heteroatoms. The third-order valence-electron chi connectivity index (χ3n) is 7.22. The first kappa shape index (κ1) is 33.2. The van der Waals surface area contributed by atoms with E-state index in [0.717, 1.165) is 9.87 Å². The van der Waals surface area contributed by atoms with E-state index in [1.807, 2.05) is 50.2 Å². The van der Waals surface area contributed by atoms with Crippen LogP contribution in [-0.4, -0.2) is 43.8 Å². The Hall–Kier alpha value is -3.66. The smallest absolute Gasteiger partial charge is 0.264 e. The molecular formula is C34H35BrClN3O4S. The summed E-state index contributed by atoms with van der Waals surface area (Å²) in [5.41, 5.74) is 1.88. The molecular weight excluding hydrogens is 662 g/mol. The molecule has 0 heterocycles. The molecule has 0 saturated heterocycles. The minimum absolute atomic E-state index is 0.0442. The van der Waals surface area contributed by atoms with Gasteiger partial charge in [-0.05, 0) is 66.9 Å². The van der Waals surface area contributed by atoms with Gasteiger partial charge in [-0.2, -0.15) is 0 Å². The van der Waals surface area contributed by atoms with Crippen LogP contribution in [0.1, 0.15) is 31.4 Å². The van der Waals surface area contributed by atoms with Gasteiger partial charge in [-0.1, -0.05) is 101 Å². The first-order valence-electron chi connectivity index (χ1n) is 14.3. The molecule has 1 N–H and O–H groups in total. The summed E-state index contributed by atoms with van der Waals surface area (Å²) in [6.07, 6.45) is 0.940. The predicted octanol–water partition coefficient (Wildman–Crippen LogP) is 6.85. The van der Waals surface area contributed by atoms with Crippen molar-refractivity contribution in [2.75, 3.05) is 10.8 Å². The van der Waals surface area contributed by atoms with Crippen LogP contribution < -0.4 is 9.62 Å². The van der Waals surface area contributed by atoms with E-state index in [0.29, 0.717) is 27.2 Å². The minimum atomic E-state index is -4.16. The van der Waals surface area contributed by atoms with Crippen molar-refractivity contribution in [3.63, 3.8) is 0 Å². The van der Waals surface area contributed by atoms with Crippen molar-refractivity contribution in [2.24, 2.45) is 0 Å². The maximum Gasteiger partial charge on any atom is 0.264 e. The second-order valence-electron chi connectivity index (χ2n) is 10.5. The van der Waals surface area contributed by atoms with Gasteiger partial charge < -0.3 is 10.2 Å². The summed E-state index contributed by atoms with van der Waals surface area (Å²) < 4.78 is 29.8. The van der Waals surface area contributed by atoms with Gasteiger partial charge in [0.2, 0.25) is 11.8 Å². The molecule has 0 unspecified atom stereocenters. The zero-order valence-corrected chi connectivity index (χ0v) is 27.7. The number of sulfonamides is 1. The molecule has 0 aliphatic heterocycles. The number of nitrogens with zero attached hydrogens (tertiary/aromatic N) is 2. The Morgan fingerprint density at radius 1 is 0.864 bits per heavy atom. The third-order valence-corrected chi connectivity index (χ3v) is 9.74. The molecule has 0 fully saturated rings. The molecule has 4 rings (SSSR count). The van der Waals surface area contributed by atoms with Crippen molar-refractivity contribution in [3.05, 3.63) is 130 Å². The highest BCUT2D eigenvalue weighted by molar-refractivity contribution is 9.10. The second-order valence-corrected chi connectivity index (χ2v) is 13.7. The Morgan fingerprint density at radius 2 is 1.50 bits per heavy atom. The lowest BCUT2D eigenvalue weighted by Crippen LogP contribution is -2.54.